The quantitative estimate of drug-likeness (QED) is 0.723. The largest absolute Gasteiger partial charge is 0.469 e. The van der Waals surface area contributed by atoms with E-state index in [2.05, 4.69) is 9.80 Å². The van der Waals surface area contributed by atoms with Crippen LogP contribution in [0, 0.1) is 5.92 Å². The van der Waals surface area contributed by atoms with Crippen molar-refractivity contribution in [3.8, 4) is 0 Å². The second kappa shape index (κ2) is 8.63. The van der Waals surface area contributed by atoms with Crippen molar-refractivity contribution in [2.24, 2.45) is 5.92 Å². The van der Waals surface area contributed by atoms with E-state index < -0.39 is 0 Å². The standard InChI is InChI=1S/C16H30N2O2/c1-20-16(19)8-13-17-11-6-15(7-12-17)14-18-9-4-2-3-5-10-18/h15H,2-14H2,1H3. The van der Waals surface area contributed by atoms with E-state index >= 15 is 0 Å². The first kappa shape index (κ1) is 15.8. The highest BCUT2D eigenvalue weighted by atomic mass is 16.5. The van der Waals surface area contributed by atoms with Gasteiger partial charge in [-0.05, 0) is 57.8 Å². The molecular formula is C16H30N2O2. The molecule has 4 heteroatoms. The summed E-state index contributed by atoms with van der Waals surface area (Å²) >= 11 is 0. The molecule has 0 aliphatic carbocycles. The summed E-state index contributed by atoms with van der Waals surface area (Å²) in [5, 5.41) is 0. The number of piperidine rings is 1. The summed E-state index contributed by atoms with van der Waals surface area (Å²) < 4.78 is 4.70. The SMILES string of the molecule is COC(=O)CCN1CCC(CN2CCCCCC2)CC1. The van der Waals surface area contributed by atoms with Crippen molar-refractivity contribution in [2.75, 3.05) is 46.4 Å². The number of rotatable bonds is 5. The average molecular weight is 282 g/mol. The minimum Gasteiger partial charge on any atom is -0.469 e. The van der Waals surface area contributed by atoms with Gasteiger partial charge in [0.25, 0.3) is 0 Å². The summed E-state index contributed by atoms with van der Waals surface area (Å²) in [5.74, 6) is 0.777. The van der Waals surface area contributed by atoms with Gasteiger partial charge < -0.3 is 14.5 Å². The van der Waals surface area contributed by atoms with Gasteiger partial charge in [0, 0.05) is 13.1 Å². The van der Waals surface area contributed by atoms with Crippen LogP contribution in [-0.2, 0) is 9.53 Å². The van der Waals surface area contributed by atoms with Crippen LogP contribution >= 0.6 is 0 Å². The monoisotopic (exact) mass is 282 g/mol. The third kappa shape index (κ3) is 5.41. The van der Waals surface area contributed by atoms with E-state index in [-0.39, 0.29) is 5.97 Å². The Balaban J connectivity index is 1.62. The highest BCUT2D eigenvalue weighted by Crippen LogP contribution is 2.20. The van der Waals surface area contributed by atoms with Gasteiger partial charge >= 0.3 is 5.97 Å². The van der Waals surface area contributed by atoms with E-state index in [4.69, 9.17) is 4.74 Å². The van der Waals surface area contributed by atoms with E-state index in [1.807, 2.05) is 0 Å². The fraction of sp³-hybridized carbons (Fsp3) is 0.938. The van der Waals surface area contributed by atoms with Crippen LogP contribution in [0.4, 0.5) is 0 Å². The molecule has 0 saturated carbocycles. The van der Waals surface area contributed by atoms with E-state index in [1.165, 1.54) is 65.3 Å². The second-order valence-electron chi connectivity index (χ2n) is 6.33. The van der Waals surface area contributed by atoms with Gasteiger partial charge in [-0.1, -0.05) is 12.8 Å². The molecule has 0 bridgehead atoms. The summed E-state index contributed by atoms with van der Waals surface area (Å²) in [6.45, 7) is 7.07. The first-order valence-electron chi connectivity index (χ1n) is 8.29. The number of nitrogens with zero attached hydrogens (tertiary/aromatic N) is 2. The molecule has 0 aromatic heterocycles. The molecule has 2 rings (SSSR count). The van der Waals surface area contributed by atoms with Crippen LogP contribution in [0.25, 0.3) is 0 Å². The molecule has 0 N–H and O–H groups in total. The van der Waals surface area contributed by atoms with E-state index in [1.54, 1.807) is 0 Å². The van der Waals surface area contributed by atoms with Gasteiger partial charge in [0.2, 0.25) is 0 Å². The molecule has 0 radical (unpaired) electrons. The molecular weight excluding hydrogens is 252 g/mol. The average Bonchev–Trinajstić information content (AvgIpc) is 2.75. The number of ether oxygens (including phenoxy) is 1. The zero-order valence-corrected chi connectivity index (χ0v) is 13.0. The maximum Gasteiger partial charge on any atom is 0.306 e. The topological polar surface area (TPSA) is 32.8 Å². The van der Waals surface area contributed by atoms with E-state index in [0.29, 0.717) is 6.42 Å². The maximum absolute atomic E-state index is 11.2. The fourth-order valence-electron chi connectivity index (χ4n) is 3.43. The van der Waals surface area contributed by atoms with Crippen molar-refractivity contribution >= 4 is 5.97 Å². The molecule has 0 spiro atoms. The Labute approximate surface area is 123 Å². The third-order valence-corrected chi connectivity index (χ3v) is 4.78. The Morgan fingerprint density at radius 3 is 2.25 bits per heavy atom. The molecule has 2 aliphatic rings. The zero-order chi connectivity index (χ0) is 14.2. The lowest BCUT2D eigenvalue weighted by Crippen LogP contribution is -2.39. The molecule has 2 aliphatic heterocycles. The normalized spacial score (nSPS) is 23.4. The summed E-state index contributed by atoms with van der Waals surface area (Å²) in [6, 6.07) is 0. The lowest BCUT2D eigenvalue weighted by molar-refractivity contribution is -0.141. The second-order valence-corrected chi connectivity index (χ2v) is 6.33. The highest BCUT2D eigenvalue weighted by molar-refractivity contribution is 5.69. The van der Waals surface area contributed by atoms with Gasteiger partial charge in [-0.2, -0.15) is 0 Å². The Hall–Kier alpha value is -0.610. The van der Waals surface area contributed by atoms with E-state index in [0.717, 1.165) is 25.6 Å². The van der Waals surface area contributed by atoms with Crippen molar-refractivity contribution in [1.29, 1.82) is 0 Å². The molecule has 20 heavy (non-hydrogen) atoms. The number of methoxy groups -OCH3 is 1. The predicted octanol–water partition coefficient (Wildman–Crippen LogP) is 2.14. The third-order valence-electron chi connectivity index (χ3n) is 4.78. The smallest absolute Gasteiger partial charge is 0.306 e. The first-order valence-corrected chi connectivity index (χ1v) is 8.29. The molecule has 0 unspecified atom stereocenters. The number of carbonyl (C=O) groups is 1. The van der Waals surface area contributed by atoms with Crippen LogP contribution in [0.2, 0.25) is 0 Å². The van der Waals surface area contributed by atoms with E-state index in [9.17, 15) is 4.79 Å². The van der Waals surface area contributed by atoms with Gasteiger partial charge in [0.15, 0.2) is 0 Å². The Kier molecular flexibility index (Phi) is 6.80. The summed E-state index contributed by atoms with van der Waals surface area (Å²) in [7, 11) is 1.47. The van der Waals surface area contributed by atoms with Crippen molar-refractivity contribution < 1.29 is 9.53 Å². The molecule has 0 amide bonds. The van der Waals surface area contributed by atoms with Gasteiger partial charge in [-0.25, -0.2) is 0 Å². The Morgan fingerprint density at radius 2 is 1.65 bits per heavy atom. The van der Waals surface area contributed by atoms with Crippen LogP contribution in [0.15, 0.2) is 0 Å². The predicted molar refractivity (Wildman–Crippen MR) is 80.7 cm³/mol. The molecule has 0 atom stereocenters. The number of hydrogen-bond donors (Lipinski definition) is 0. The molecule has 4 nitrogen and oxygen atoms in total. The first-order chi connectivity index (χ1) is 9.78. The number of carbonyl (C=O) groups excluding carboxylic acids is 1. The van der Waals surface area contributed by atoms with Crippen LogP contribution in [0.1, 0.15) is 44.9 Å². The van der Waals surface area contributed by atoms with Crippen molar-refractivity contribution in [1.82, 2.24) is 9.80 Å². The lowest BCUT2D eigenvalue weighted by Gasteiger charge is -2.34. The number of likely N-dealkylation sites (tertiary alicyclic amines) is 2. The fourth-order valence-corrected chi connectivity index (χ4v) is 3.43. The lowest BCUT2D eigenvalue weighted by atomic mass is 9.96. The van der Waals surface area contributed by atoms with Gasteiger partial charge in [-0.3, -0.25) is 4.79 Å². The minimum absolute atomic E-state index is 0.0864. The Bertz CT molecular complexity index is 280. The summed E-state index contributed by atoms with van der Waals surface area (Å²) in [4.78, 5) is 16.3. The summed E-state index contributed by atoms with van der Waals surface area (Å²) in [6.07, 6.45) is 8.73. The number of hydrogen-bond acceptors (Lipinski definition) is 4. The number of esters is 1. The summed E-state index contributed by atoms with van der Waals surface area (Å²) in [5.41, 5.74) is 0. The molecule has 2 saturated heterocycles. The van der Waals surface area contributed by atoms with Crippen LogP contribution in [-0.4, -0.2) is 62.1 Å². The Morgan fingerprint density at radius 1 is 1.00 bits per heavy atom. The molecule has 0 aromatic rings. The van der Waals surface area contributed by atoms with Crippen LogP contribution in [0.3, 0.4) is 0 Å². The van der Waals surface area contributed by atoms with Gasteiger partial charge in [0.05, 0.1) is 13.5 Å². The van der Waals surface area contributed by atoms with Gasteiger partial charge in [0.1, 0.15) is 0 Å². The van der Waals surface area contributed by atoms with Crippen molar-refractivity contribution in [2.45, 2.75) is 44.9 Å². The minimum atomic E-state index is -0.0864. The molecule has 0 aromatic carbocycles. The van der Waals surface area contributed by atoms with Gasteiger partial charge in [-0.15, -0.1) is 0 Å². The highest BCUT2D eigenvalue weighted by Gasteiger charge is 2.22. The van der Waals surface area contributed by atoms with Crippen LogP contribution < -0.4 is 0 Å². The van der Waals surface area contributed by atoms with Crippen molar-refractivity contribution in [3.05, 3.63) is 0 Å². The molecule has 116 valence electrons. The zero-order valence-electron chi connectivity index (χ0n) is 13.0. The molecule has 2 fully saturated rings. The maximum atomic E-state index is 11.2. The molecule has 2 heterocycles. The van der Waals surface area contributed by atoms with Crippen LogP contribution in [0.5, 0.6) is 0 Å². The van der Waals surface area contributed by atoms with Crippen molar-refractivity contribution in [3.63, 3.8) is 0 Å².